The molecule has 0 radical (unpaired) electrons. The van der Waals surface area contributed by atoms with Crippen LogP contribution in [0, 0.1) is 0 Å². The molecule has 0 unspecified atom stereocenters. The predicted octanol–water partition coefficient (Wildman–Crippen LogP) is -1.24. The number of nitrogens with one attached hydrogen (secondary N) is 2. The Labute approximate surface area is 140 Å². The van der Waals surface area contributed by atoms with E-state index >= 15 is 0 Å². The molecule has 2 N–H and O–H groups in total. The van der Waals surface area contributed by atoms with Gasteiger partial charge in [-0.2, -0.15) is 5.10 Å². The Morgan fingerprint density at radius 2 is 2.38 bits per heavy atom. The number of rotatable bonds is 5. The molecular weight excluding hydrogens is 312 g/mol. The van der Waals surface area contributed by atoms with Crippen molar-refractivity contribution in [2.45, 2.75) is 38.0 Å². The number of carbonyl (C=O) groups excluding carboxylic acids is 2. The molecule has 1 aromatic rings. The summed E-state index contributed by atoms with van der Waals surface area (Å²) in [5.41, 5.74) is 0. The van der Waals surface area contributed by atoms with Crippen molar-refractivity contribution in [3.63, 3.8) is 0 Å². The van der Waals surface area contributed by atoms with Crippen LogP contribution in [-0.4, -0.2) is 76.4 Å². The third kappa shape index (κ3) is 4.75. The Balaban J connectivity index is 1.45. The molecule has 2 aliphatic rings. The van der Waals surface area contributed by atoms with Crippen molar-refractivity contribution in [1.29, 1.82) is 0 Å². The Kier molecular flexibility index (Phi) is 5.76. The highest BCUT2D eigenvalue weighted by Crippen LogP contribution is 2.08. The summed E-state index contributed by atoms with van der Waals surface area (Å²) < 4.78 is 7.45. The smallest absolute Gasteiger partial charge is 0.242 e. The van der Waals surface area contributed by atoms with Crippen LogP contribution in [0.25, 0.3) is 0 Å². The van der Waals surface area contributed by atoms with E-state index in [0.717, 1.165) is 12.8 Å². The molecule has 2 amide bonds. The van der Waals surface area contributed by atoms with Crippen LogP contribution in [0.3, 0.4) is 0 Å². The first kappa shape index (κ1) is 16.8. The van der Waals surface area contributed by atoms with Crippen LogP contribution in [0.4, 0.5) is 0 Å². The zero-order chi connectivity index (χ0) is 16.8. The number of amides is 2. The molecule has 9 nitrogen and oxygen atoms in total. The average Bonchev–Trinajstić information content (AvgIpc) is 2.98. The van der Waals surface area contributed by atoms with E-state index in [4.69, 9.17) is 4.74 Å². The predicted molar refractivity (Wildman–Crippen MR) is 85.0 cm³/mol. The van der Waals surface area contributed by atoms with Gasteiger partial charge >= 0.3 is 0 Å². The van der Waals surface area contributed by atoms with E-state index in [1.807, 2.05) is 0 Å². The van der Waals surface area contributed by atoms with Crippen LogP contribution in [0.15, 0.2) is 12.7 Å². The van der Waals surface area contributed by atoms with Crippen molar-refractivity contribution in [2.75, 3.05) is 32.8 Å². The molecule has 0 saturated carbocycles. The first-order chi connectivity index (χ1) is 11.7. The molecule has 0 bridgehead atoms. The molecule has 2 fully saturated rings. The van der Waals surface area contributed by atoms with Crippen molar-refractivity contribution < 1.29 is 14.3 Å². The number of aromatic nitrogens is 3. The first-order valence-electron chi connectivity index (χ1n) is 8.44. The number of morpholine rings is 1. The second kappa shape index (κ2) is 8.20. The molecule has 2 saturated heterocycles. The number of nitrogens with zero attached hydrogens (tertiary/aromatic N) is 4. The van der Waals surface area contributed by atoms with Gasteiger partial charge in [0.2, 0.25) is 11.8 Å². The number of hydrogen-bond acceptors (Lipinski definition) is 6. The quantitative estimate of drug-likeness (QED) is 0.698. The lowest BCUT2D eigenvalue weighted by molar-refractivity contribution is -0.130. The van der Waals surface area contributed by atoms with Crippen LogP contribution < -0.4 is 10.6 Å². The monoisotopic (exact) mass is 336 g/mol. The zero-order valence-corrected chi connectivity index (χ0v) is 13.7. The van der Waals surface area contributed by atoms with E-state index in [2.05, 4.69) is 25.6 Å². The molecule has 3 heterocycles. The Morgan fingerprint density at radius 1 is 1.46 bits per heavy atom. The van der Waals surface area contributed by atoms with E-state index in [0.29, 0.717) is 39.2 Å². The normalized spacial score (nSPS) is 25.8. The Hall–Kier alpha value is -2.00. The lowest BCUT2D eigenvalue weighted by Crippen LogP contribution is -2.51. The van der Waals surface area contributed by atoms with Crippen molar-refractivity contribution >= 4 is 11.8 Å². The third-order valence-corrected chi connectivity index (χ3v) is 4.32. The van der Waals surface area contributed by atoms with Crippen LogP contribution in [-0.2, 0) is 20.9 Å². The fourth-order valence-corrected chi connectivity index (χ4v) is 3.09. The number of hydrogen-bond donors (Lipinski definition) is 2. The maximum Gasteiger partial charge on any atom is 0.242 e. The minimum Gasteiger partial charge on any atom is -0.374 e. The van der Waals surface area contributed by atoms with E-state index in [9.17, 15) is 9.59 Å². The first-order valence-corrected chi connectivity index (χ1v) is 8.44. The minimum absolute atomic E-state index is 0.0190. The summed E-state index contributed by atoms with van der Waals surface area (Å²) in [7, 11) is 0. The lowest BCUT2D eigenvalue weighted by atomic mass is 10.1. The van der Waals surface area contributed by atoms with Gasteiger partial charge in [0.05, 0.1) is 25.8 Å². The molecule has 2 atom stereocenters. The maximum absolute atomic E-state index is 12.3. The maximum atomic E-state index is 12.3. The summed E-state index contributed by atoms with van der Waals surface area (Å²) >= 11 is 0. The van der Waals surface area contributed by atoms with Gasteiger partial charge in [-0.3, -0.25) is 19.2 Å². The molecule has 3 rings (SSSR count). The molecular formula is C15H24N6O3. The summed E-state index contributed by atoms with van der Waals surface area (Å²) in [5.74, 6) is -0.189. The lowest BCUT2D eigenvalue weighted by Gasteiger charge is -2.32. The van der Waals surface area contributed by atoms with Crippen molar-refractivity contribution in [3.8, 4) is 0 Å². The van der Waals surface area contributed by atoms with E-state index in [1.165, 1.54) is 6.33 Å². The highest BCUT2D eigenvalue weighted by atomic mass is 16.5. The highest BCUT2D eigenvalue weighted by molar-refractivity contribution is 5.88. The molecule has 9 heteroatoms. The standard InChI is InChI=1S/C15H24N6O3/c22-14(19-13-3-1-2-4-17-15(13)23)9-20-5-6-24-12(7-20)8-21-11-16-10-18-21/h10-13H,1-9H2,(H,17,23)(H,19,22)/t12-,13-/m1/s1. The average molecular weight is 336 g/mol. The molecule has 0 aliphatic carbocycles. The van der Waals surface area contributed by atoms with Gasteiger partial charge in [-0.1, -0.05) is 0 Å². The third-order valence-electron chi connectivity index (χ3n) is 4.32. The van der Waals surface area contributed by atoms with Crippen LogP contribution in [0.2, 0.25) is 0 Å². The summed E-state index contributed by atoms with van der Waals surface area (Å²) in [6, 6.07) is -0.410. The number of ether oxygens (including phenoxy) is 1. The fraction of sp³-hybridized carbons (Fsp3) is 0.733. The summed E-state index contributed by atoms with van der Waals surface area (Å²) in [5, 5.41) is 9.76. The molecule has 0 spiro atoms. The summed E-state index contributed by atoms with van der Waals surface area (Å²) in [4.78, 5) is 30.1. The van der Waals surface area contributed by atoms with E-state index in [1.54, 1.807) is 11.0 Å². The molecule has 0 aromatic carbocycles. The fourth-order valence-electron chi connectivity index (χ4n) is 3.09. The van der Waals surface area contributed by atoms with Gasteiger partial charge in [-0.15, -0.1) is 0 Å². The van der Waals surface area contributed by atoms with Gasteiger partial charge < -0.3 is 15.4 Å². The van der Waals surface area contributed by atoms with Gasteiger partial charge in [-0.25, -0.2) is 4.98 Å². The molecule has 1 aromatic heterocycles. The van der Waals surface area contributed by atoms with Gasteiger partial charge in [-0.05, 0) is 19.3 Å². The van der Waals surface area contributed by atoms with Crippen LogP contribution >= 0.6 is 0 Å². The SMILES string of the molecule is O=C(CN1CCO[C@@H](Cn2cncn2)C1)N[C@@H]1CCCCNC1=O. The minimum atomic E-state index is -0.410. The largest absolute Gasteiger partial charge is 0.374 e. The van der Waals surface area contributed by atoms with Crippen LogP contribution in [0.1, 0.15) is 19.3 Å². The van der Waals surface area contributed by atoms with E-state index in [-0.39, 0.29) is 24.5 Å². The van der Waals surface area contributed by atoms with Crippen LogP contribution in [0.5, 0.6) is 0 Å². The zero-order valence-electron chi connectivity index (χ0n) is 13.7. The van der Waals surface area contributed by atoms with Gasteiger partial charge in [0.15, 0.2) is 0 Å². The Bertz CT molecular complexity index is 549. The highest BCUT2D eigenvalue weighted by Gasteiger charge is 2.26. The van der Waals surface area contributed by atoms with Crippen molar-refractivity contribution in [2.24, 2.45) is 0 Å². The van der Waals surface area contributed by atoms with Crippen molar-refractivity contribution in [1.82, 2.24) is 30.3 Å². The van der Waals surface area contributed by atoms with Gasteiger partial charge in [0, 0.05) is 19.6 Å². The second-order valence-electron chi connectivity index (χ2n) is 6.25. The molecule has 2 aliphatic heterocycles. The second-order valence-corrected chi connectivity index (χ2v) is 6.25. The van der Waals surface area contributed by atoms with E-state index < -0.39 is 6.04 Å². The number of carbonyl (C=O) groups is 2. The topological polar surface area (TPSA) is 101 Å². The van der Waals surface area contributed by atoms with Crippen molar-refractivity contribution in [3.05, 3.63) is 12.7 Å². The summed E-state index contributed by atoms with van der Waals surface area (Å²) in [6.45, 7) is 3.53. The Morgan fingerprint density at radius 3 is 3.21 bits per heavy atom. The molecule has 132 valence electrons. The van der Waals surface area contributed by atoms with Gasteiger partial charge in [0.1, 0.15) is 18.7 Å². The molecule has 24 heavy (non-hydrogen) atoms. The summed E-state index contributed by atoms with van der Waals surface area (Å²) in [6.07, 6.45) is 5.74. The van der Waals surface area contributed by atoms with Gasteiger partial charge in [0.25, 0.3) is 0 Å².